The standard InChI is InChI=1S/C11H13N3O3/c1-7-5-13-10(16-7)6-14-11(15)9-3-2-8(4-12)17-9/h2-3,5H,4,6,12H2,1H3,(H,14,15). The van der Waals surface area contributed by atoms with E-state index in [1.807, 2.05) is 0 Å². The van der Waals surface area contributed by atoms with Gasteiger partial charge in [0.25, 0.3) is 5.91 Å². The highest BCUT2D eigenvalue weighted by Gasteiger charge is 2.11. The number of hydrogen-bond donors (Lipinski definition) is 2. The summed E-state index contributed by atoms with van der Waals surface area (Å²) in [6.07, 6.45) is 1.60. The number of nitrogens with zero attached hydrogens (tertiary/aromatic N) is 1. The van der Waals surface area contributed by atoms with E-state index in [1.54, 1.807) is 25.3 Å². The molecule has 0 bridgehead atoms. The largest absolute Gasteiger partial charge is 0.455 e. The van der Waals surface area contributed by atoms with Gasteiger partial charge in [-0.15, -0.1) is 0 Å². The van der Waals surface area contributed by atoms with E-state index in [0.29, 0.717) is 17.4 Å². The van der Waals surface area contributed by atoms with Crippen LogP contribution in [0.2, 0.25) is 0 Å². The second-order valence-corrected chi connectivity index (χ2v) is 3.52. The van der Waals surface area contributed by atoms with Crippen LogP contribution in [-0.4, -0.2) is 10.9 Å². The number of aryl methyl sites for hydroxylation is 1. The van der Waals surface area contributed by atoms with Gasteiger partial charge in [0.05, 0.1) is 19.3 Å². The van der Waals surface area contributed by atoms with E-state index >= 15 is 0 Å². The highest BCUT2D eigenvalue weighted by molar-refractivity contribution is 5.91. The highest BCUT2D eigenvalue weighted by atomic mass is 16.4. The SMILES string of the molecule is Cc1cnc(CNC(=O)c2ccc(CN)o2)o1. The summed E-state index contributed by atoms with van der Waals surface area (Å²) >= 11 is 0. The minimum atomic E-state index is -0.319. The molecule has 0 atom stereocenters. The number of nitrogens with one attached hydrogen (secondary N) is 1. The van der Waals surface area contributed by atoms with Crippen LogP contribution >= 0.6 is 0 Å². The lowest BCUT2D eigenvalue weighted by atomic mass is 10.4. The van der Waals surface area contributed by atoms with Gasteiger partial charge < -0.3 is 19.9 Å². The first kappa shape index (κ1) is 11.4. The van der Waals surface area contributed by atoms with Gasteiger partial charge in [0.2, 0.25) is 5.89 Å². The second-order valence-electron chi connectivity index (χ2n) is 3.52. The van der Waals surface area contributed by atoms with Crippen molar-refractivity contribution in [1.29, 1.82) is 0 Å². The summed E-state index contributed by atoms with van der Waals surface area (Å²) in [5.41, 5.74) is 5.38. The zero-order valence-electron chi connectivity index (χ0n) is 9.40. The van der Waals surface area contributed by atoms with E-state index in [1.165, 1.54) is 0 Å². The topological polar surface area (TPSA) is 94.3 Å². The first-order chi connectivity index (χ1) is 8.19. The van der Waals surface area contributed by atoms with Crippen molar-refractivity contribution in [3.63, 3.8) is 0 Å². The van der Waals surface area contributed by atoms with Crippen molar-refractivity contribution in [2.24, 2.45) is 5.73 Å². The summed E-state index contributed by atoms with van der Waals surface area (Å²) in [6.45, 7) is 2.29. The highest BCUT2D eigenvalue weighted by Crippen LogP contribution is 2.07. The summed E-state index contributed by atoms with van der Waals surface area (Å²) in [4.78, 5) is 15.6. The zero-order chi connectivity index (χ0) is 12.3. The molecule has 0 unspecified atom stereocenters. The van der Waals surface area contributed by atoms with Crippen molar-refractivity contribution in [3.8, 4) is 0 Å². The van der Waals surface area contributed by atoms with Crippen molar-refractivity contribution in [2.75, 3.05) is 0 Å². The van der Waals surface area contributed by atoms with Crippen LogP contribution in [0, 0.1) is 6.92 Å². The van der Waals surface area contributed by atoms with Crippen LogP contribution in [-0.2, 0) is 13.1 Å². The molecule has 0 aromatic carbocycles. The molecular weight excluding hydrogens is 222 g/mol. The number of hydrogen-bond acceptors (Lipinski definition) is 5. The number of amides is 1. The van der Waals surface area contributed by atoms with Gasteiger partial charge in [-0.05, 0) is 19.1 Å². The number of nitrogens with two attached hydrogens (primary N) is 1. The predicted molar refractivity (Wildman–Crippen MR) is 59.0 cm³/mol. The fraction of sp³-hybridized carbons (Fsp3) is 0.273. The number of aromatic nitrogens is 1. The molecule has 2 aromatic heterocycles. The van der Waals surface area contributed by atoms with E-state index < -0.39 is 0 Å². The van der Waals surface area contributed by atoms with Crippen molar-refractivity contribution >= 4 is 5.91 Å². The zero-order valence-corrected chi connectivity index (χ0v) is 9.40. The molecular formula is C11H13N3O3. The maximum Gasteiger partial charge on any atom is 0.287 e. The predicted octanol–water partition coefficient (Wildman–Crippen LogP) is 0.965. The molecule has 0 fully saturated rings. The third-order valence-electron chi connectivity index (χ3n) is 2.16. The molecule has 2 aromatic rings. The van der Waals surface area contributed by atoms with Gasteiger partial charge in [0.15, 0.2) is 5.76 Å². The maximum absolute atomic E-state index is 11.6. The number of furan rings is 1. The molecule has 17 heavy (non-hydrogen) atoms. The Hall–Kier alpha value is -2.08. The Balaban J connectivity index is 1.93. The Morgan fingerprint density at radius 1 is 1.47 bits per heavy atom. The first-order valence-corrected chi connectivity index (χ1v) is 5.17. The molecule has 0 aliphatic rings. The minimum absolute atomic E-state index is 0.228. The molecule has 0 radical (unpaired) electrons. The minimum Gasteiger partial charge on any atom is -0.455 e. The molecule has 3 N–H and O–H groups in total. The van der Waals surface area contributed by atoms with Crippen LogP contribution in [0.15, 0.2) is 27.2 Å². The Labute approximate surface area is 97.8 Å². The molecule has 6 heteroatoms. The van der Waals surface area contributed by atoms with Gasteiger partial charge in [0, 0.05) is 0 Å². The fourth-order valence-corrected chi connectivity index (χ4v) is 1.34. The second kappa shape index (κ2) is 4.84. The lowest BCUT2D eigenvalue weighted by molar-refractivity contribution is 0.0917. The lowest BCUT2D eigenvalue weighted by Crippen LogP contribution is -2.22. The number of carbonyl (C=O) groups excluding carboxylic acids is 1. The summed E-state index contributed by atoms with van der Waals surface area (Å²) in [7, 11) is 0. The summed E-state index contributed by atoms with van der Waals surface area (Å²) < 4.78 is 10.4. The van der Waals surface area contributed by atoms with Crippen molar-refractivity contribution in [2.45, 2.75) is 20.0 Å². The van der Waals surface area contributed by atoms with Crippen LogP contribution in [0.1, 0.15) is 28.0 Å². The monoisotopic (exact) mass is 235 g/mol. The maximum atomic E-state index is 11.6. The van der Waals surface area contributed by atoms with Crippen LogP contribution < -0.4 is 11.1 Å². The summed E-state index contributed by atoms with van der Waals surface area (Å²) in [5, 5.41) is 2.64. The van der Waals surface area contributed by atoms with E-state index in [0.717, 1.165) is 0 Å². The third-order valence-corrected chi connectivity index (χ3v) is 2.16. The van der Waals surface area contributed by atoms with Gasteiger partial charge in [-0.1, -0.05) is 0 Å². The van der Waals surface area contributed by atoms with Crippen molar-refractivity contribution in [1.82, 2.24) is 10.3 Å². The quantitative estimate of drug-likeness (QED) is 0.823. The lowest BCUT2D eigenvalue weighted by Gasteiger charge is -1.99. The van der Waals surface area contributed by atoms with Gasteiger partial charge in [-0.2, -0.15) is 0 Å². The van der Waals surface area contributed by atoms with Crippen molar-refractivity contribution in [3.05, 3.63) is 41.5 Å². The third kappa shape index (κ3) is 2.73. The van der Waals surface area contributed by atoms with Crippen molar-refractivity contribution < 1.29 is 13.6 Å². The number of carbonyl (C=O) groups is 1. The van der Waals surface area contributed by atoms with Crippen LogP contribution in [0.5, 0.6) is 0 Å². The average Bonchev–Trinajstić information content (AvgIpc) is 2.94. The number of rotatable bonds is 4. The molecule has 0 saturated heterocycles. The molecule has 0 aliphatic carbocycles. The Morgan fingerprint density at radius 3 is 2.88 bits per heavy atom. The normalized spacial score (nSPS) is 10.5. The van der Waals surface area contributed by atoms with Crippen LogP contribution in [0.25, 0.3) is 0 Å². The van der Waals surface area contributed by atoms with E-state index in [-0.39, 0.29) is 24.8 Å². The molecule has 0 aliphatic heterocycles. The average molecular weight is 235 g/mol. The van der Waals surface area contributed by atoms with Gasteiger partial charge >= 0.3 is 0 Å². The summed E-state index contributed by atoms with van der Waals surface area (Å²) in [6, 6.07) is 3.25. The summed E-state index contributed by atoms with van der Waals surface area (Å²) in [5.74, 6) is 1.65. The number of oxazole rings is 1. The molecule has 90 valence electrons. The van der Waals surface area contributed by atoms with Gasteiger partial charge in [0.1, 0.15) is 11.5 Å². The van der Waals surface area contributed by atoms with E-state index in [2.05, 4.69) is 10.3 Å². The van der Waals surface area contributed by atoms with Gasteiger partial charge in [-0.3, -0.25) is 4.79 Å². The molecule has 2 heterocycles. The molecule has 0 saturated carbocycles. The van der Waals surface area contributed by atoms with E-state index in [4.69, 9.17) is 14.6 Å². The Kier molecular flexibility index (Phi) is 3.24. The van der Waals surface area contributed by atoms with Crippen LogP contribution in [0.4, 0.5) is 0 Å². The Bertz CT molecular complexity index is 516. The fourth-order valence-electron chi connectivity index (χ4n) is 1.34. The van der Waals surface area contributed by atoms with E-state index in [9.17, 15) is 4.79 Å². The molecule has 1 amide bonds. The first-order valence-electron chi connectivity index (χ1n) is 5.17. The molecule has 6 nitrogen and oxygen atoms in total. The molecule has 0 spiro atoms. The molecule has 2 rings (SSSR count). The van der Waals surface area contributed by atoms with Crippen LogP contribution in [0.3, 0.4) is 0 Å². The van der Waals surface area contributed by atoms with Gasteiger partial charge in [-0.25, -0.2) is 4.98 Å². The smallest absolute Gasteiger partial charge is 0.287 e. The Morgan fingerprint density at radius 2 is 2.29 bits per heavy atom.